The van der Waals surface area contributed by atoms with Gasteiger partial charge < -0.3 is 9.64 Å². The monoisotopic (exact) mass is 322 g/mol. The first-order valence-electron chi connectivity index (χ1n) is 6.77. The van der Waals surface area contributed by atoms with Crippen LogP contribution in [0.2, 0.25) is 5.02 Å². The fourth-order valence-electron chi connectivity index (χ4n) is 2.37. The lowest BCUT2D eigenvalue weighted by Gasteiger charge is -2.17. The molecular weight excluding hydrogens is 308 g/mol. The molecule has 1 atom stereocenters. The normalized spacial score (nSPS) is 18.0. The number of hydrogen-bond acceptors (Lipinski definition) is 4. The minimum absolute atomic E-state index is 0.00340. The molecule has 4 nitrogen and oxygen atoms in total. The highest BCUT2D eigenvalue weighted by Crippen LogP contribution is 2.25. The first kappa shape index (κ1) is 14.4. The molecule has 1 aliphatic heterocycles. The lowest BCUT2D eigenvalue weighted by Crippen LogP contribution is -2.32. The zero-order valence-corrected chi connectivity index (χ0v) is 12.9. The minimum Gasteiger partial charge on any atom is -0.487 e. The number of aromatic nitrogens is 1. The number of thiophene rings is 1. The second-order valence-corrected chi connectivity index (χ2v) is 6.17. The summed E-state index contributed by atoms with van der Waals surface area (Å²) in [7, 11) is 0. The van der Waals surface area contributed by atoms with E-state index in [0.29, 0.717) is 23.7 Å². The van der Waals surface area contributed by atoms with Gasteiger partial charge in [0.05, 0.1) is 13.0 Å². The average molecular weight is 323 g/mol. The van der Waals surface area contributed by atoms with E-state index in [-0.39, 0.29) is 12.0 Å². The molecule has 1 fully saturated rings. The lowest BCUT2D eigenvalue weighted by atomic mass is 10.2. The second kappa shape index (κ2) is 6.45. The van der Waals surface area contributed by atoms with Crippen LogP contribution >= 0.6 is 22.9 Å². The summed E-state index contributed by atoms with van der Waals surface area (Å²) in [6, 6.07) is 3.74. The Morgan fingerprint density at radius 3 is 3.19 bits per heavy atom. The maximum Gasteiger partial charge on any atom is 0.227 e. The standard InChI is InChI=1S/C15H15ClN2O2S/c16-13-8-17-4-1-14(13)20-12-2-5-18(9-12)15(19)7-11-3-6-21-10-11/h1,3-4,6,8,10,12H,2,5,7,9H2/t12-/m0/s1. The number of carbonyl (C=O) groups is 1. The predicted octanol–water partition coefficient (Wildman–Crippen LogP) is 3.02. The Balaban J connectivity index is 1.56. The molecule has 0 unspecified atom stereocenters. The van der Waals surface area contributed by atoms with Gasteiger partial charge in [-0.2, -0.15) is 11.3 Å². The minimum atomic E-state index is -0.00340. The van der Waals surface area contributed by atoms with Gasteiger partial charge in [-0.1, -0.05) is 11.6 Å². The van der Waals surface area contributed by atoms with Gasteiger partial charge >= 0.3 is 0 Å². The van der Waals surface area contributed by atoms with E-state index in [9.17, 15) is 4.79 Å². The Morgan fingerprint density at radius 2 is 2.43 bits per heavy atom. The molecule has 0 saturated carbocycles. The maximum atomic E-state index is 12.2. The van der Waals surface area contributed by atoms with Crippen molar-refractivity contribution in [2.75, 3.05) is 13.1 Å². The molecule has 0 radical (unpaired) electrons. The van der Waals surface area contributed by atoms with E-state index in [1.165, 1.54) is 0 Å². The zero-order chi connectivity index (χ0) is 14.7. The predicted molar refractivity (Wildman–Crippen MR) is 82.9 cm³/mol. The summed E-state index contributed by atoms with van der Waals surface area (Å²) < 4.78 is 5.86. The molecule has 3 rings (SSSR count). The molecule has 3 heterocycles. The summed E-state index contributed by atoms with van der Waals surface area (Å²) in [6.07, 6.45) is 4.50. The van der Waals surface area contributed by atoms with Crippen LogP contribution in [0.25, 0.3) is 0 Å². The Bertz CT molecular complexity index is 618. The molecule has 2 aromatic rings. The van der Waals surface area contributed by atoms with Crippen LogP contribution in [0.1, 0.15) is 12.0 Å². The number of likely N-dealkylation sites (tertiary alicyclic amines) is 1. The van der Waals surface area contributed by atoms with Crippen molar-refractivity contribution in [3.63, 3.8) is 0 Å². The third kappa shape index (κ3) is 3.54. The largest absolute Gasteiger partial charge is 0.487 e. The van der Waals surface area contributed by atoms with Crippen molar-refractivity contribution < 1.29 is 9.53 Å². The van der Waals surface area contributed by atoms with Gasteiger partial charge in [0, 0.05) is 31.4 Å². The van der Waals surface area contributed by atoms with Crippen molar-refractivity contribution >= 4 is 28.8 Å². The fraction of sp³-hybridized carbons (Fsp3) is 0.333. The topological polar surface area (TPSA) is 42.4 Å². The third-order valence-electron chi connectivity index (χ3n) is 3.46. The van der Waals surface area contributed by atoms with Gasteiger partial charge in [-0.05, 0) is 22.4 Å². The molecule has 1 saturated heterocycles. The Morgan fingerprint density at radius 1 is 1.52 bits per heavy atom. The number of nitrogens with zero attached hydrogens (tertiary/aromatic N) is 2. The van der Waals surface area contributed by atoms with E-state index >= 15 is 0 Å². The molecular formula is C15H15ClN2O2S. The number of hydrogen-bond donors (Lipinski definition) is 0. The molecule has 110 valence electrons. The van der Waals surface area contributed by atoms with Crippen LogP contribution in [0.3, 0.4) is 0 Å². The zero-order valence-electron chi connectivity index (χ0n) is 11.4. The van der Waals surface area contributed by atoms with Crippen molar-refractivity contribution in [2.24, 2.45) is 0 Å². The highest BCUT2D eigenvalue weighted by molar-refractivity contribution is 7.08. The number of pyridine rings is 1. The van der Waals surface area contributed by atoms with E-state index in [2.05, 4.69) is 4.98 Å². The van der Waals surface area contributed by atoms with E-state index < -0.39 is 0 Å². The molecule has 0 aromatic carbocycles. The summed E-state index contributed by atoms with van der Waals surface area (Å²) in [5, 5.41) is 4.50. The number of carbonyl (C=O) groups excluding carboxylic acids is 1. The highest BCUT2D eigenvalue weighted by atomic mass is 35.5. The molecule has 6 heteroatoms. The molecule has 1 amide bonds. The molecule has 0 spiro atoms. The summed E-state index contributed by atoms with van der Waals surface area (Å²) in [5.41, 5.74) is 1.08. The summed E-state index contributed by atoms with van der Waals surface area (Å²) >= 11 is 7.64. The molecule has 2 aromatic heterocycles. The number of rotatable bonds is 4. The van der Waals surface area contributed by atoms with Gasteiger partial charge in [0.25, 0.3) is 0 Å². The lowest BCUT2D eigenvalue weighted by molar-refractivity contribution is -0.129. The second-order valence-electron chi connectivity index (χ2n) is 4.98. The van der Waals surface area contributed by atoms with E-state index in [0.717, 1.165) is 18.5 Å². The molecule has 0 N–H and O–H groups in total. The van der Waals surface area contributed by atoms with Crippen molar-refractivity contribution in [3.05, 3.63) is 45.9 Å². The molecule has 0 bridgehead atoms. The number of amides is 1. The van der Waals surface area contributed by atoms with Crippen LogP contribution in [-0.2, 0) is 11.2 Å². The Labute approximate surface area is 132 Å². The number of ether oxygens (including phenoxy) is 1. The SMILES string of the molecule is O=C(Cc1ccsc1)N1CC[C@H](Oc2ccncc2Cl)C1. The smallest absolute Gasteiger partial charge is 0.227 e. The Hall–Kier alpha value is -1.59. The fourth-order valence-corrected chi connectivity index (χ4v) is 3.20. The average Bonchev–Trinajstić information content (AvgIpc) is 3.13. The van der Waals surface area contributed by atoms with Crippen LogP contribution in [0.5, 0.6) is 5.75 Å². The van der Waals surface area contributed by atoms with Gasteiger partial charge in [0.15, 0.2) is 0 Å². The van der Waals surface area contributed by atoms with Crippen LogP contribution in [0.4, 0.5) is 0 Å². The van der Waals surface area contributed by atoms with E-state index in [1.807, 2.05) is 21.7 Å². The molecule has 21 heavy (non-hydrogen) atoms. The first-order chi connectivity index (χ1) is 10.2. The van der Waals surface area contributed by atoms with Crippen LogP contribution < -0.4 is 4.74 Å². The summed E-state index contributed by atoms with van der Waals surface area (Å²) in [5.74, 6) is 0.782. The quantitative estimate of drug-likeness (QED) is 0.869. The Kier molecular flexibility index (Phi) is 4.41. The van der Waals surface area contributed by atoms with Crippen LogP contribution in [-0.4, -0.2) is 35.0 Å². The van der Waals surface area contributed by atoms with Crippen molar-refractivity contribution in [1.29, 1.82) is 0 Å². The van der Waals surface area contributed by atoms with Crippen LogP contribution in [0, 0.1) is 0 Å². The van der Waals surface area contributed by atoms with Gasteiger partial charge in [0.2, 0.25) is 5.91 Å². The van der Waals surface area contributed by atoms with Gasteiger partial charge in [0.1, 0.15) is 16.9 Å². The highest BCUT2D eigenvalue weighted by Gasteiger charge is 2.28. The van der Waals surface area contributed by atoms with E-state index in [4.69, 9.17) is 16.3 Å². The van der Waals surface area contributed by atoms with Crippen molar-refractivity contribution in [3.8, 4) is 5.75 Å². The van der Waals surface area contributed by atoms with E-state index in [1.54, 1.807) is 29.8 Å². The van der Waals surface area contributed by atoms with Crippen molar-refractivity contribution in [2.45, 2.75) is 18.9 Å². The van der Waals surface area contributed by atoms with Gasteiger partial charge in [-0.15, -0.1) is 0 Å². The maximum absolute atomic E-state index is 12.2. The third-order valence-corrected chi connectivity index (χ3v) is 4.48. The van der Waals surface area contributed by atoms with Gasteiger partial charge in [-0.3, -0.25) is 9.78 Å². The number of halogens is 1. The first-order valence-corrected chi connectivity index (χ1v) is 8.09. The van der Waals surface area contributed by atoms with Crippen molar-refractivity contribution in [1.82, 2.24) is 9.88 Å². The molecule has 0 aliphatic carbocycles. The van der Waals surface area contributed by atoms with Crippen LogP contribution in [0.15, 0.2) is 35.3 Å². The summed E-state index contributed by atoms with van der Waals surface area (Å²) in [4.78, 5) is 18.0. The molecule has 1 aliphatic rings. The van der Waals surface area contributed by atoms with Gasteiger partial charge in [-0.25, -0.2) is 0 Å². The summed E-state index contributed by atoms with van der Waals surface area (Å²) in [6.45, 7) is 1.35.